The smallest absolute Gasteiger partial charge is 0.0501 e. The quantitative estimate of drug-likeness (QED) is 0.755. The molecule has 15 heavy (non-hydrogen) atoms. The molecule has 0 saturated carbocycles. The minimum absolute atomic E-state index is 0.855. The van der Waals surface area contributed by atoms with Gasteiger partial charge in [0.1, 0.15) is 0 Å². The van der Waals surface area contributed by atoms with E-state index in [1.807, 2.05) is 12.1 Å². The van der Waals surface area contributed by atoms with Crippen LogP contribution in [-0.4, -0.2) is 23.6 Å². The molecule has 0 aliphatic rings. The minimum atomic E-state index is 0.855. The maximum absolute atomic E-state index is 5.94. The Morgan fingerprint density at radius 1 is 1.33 bits per heavy atom. The molecule has 0 aliphatic heterocycles. The molecule has 2 rings (SSSR count). The van der Waals surface area contributed by atoms with Gasteiger partial charge < -0.3 is 15.2 Å². The van der Waals surface area contributed by atoms with E-state index >= 15 is 0 Å². The molecule has 2 N–H and O–H groups in total. The molecule has 0 atom stereocenters. The van der Waals surface area contributed by atoms with E-state index in [9.17, 15) is 0 Å². The van der Waals surface area contributed by atoms with Gasteiger partial charge in [-0.15, -0.1) is 0 Å². The second kappa shape index (κ2) is 3.59. The van der Waals surface area contributed by atoms with E-state index in [0.717, 1.165) is 17.6 Å². The lowest BCUT2D eigenvalue weighted by Crippen LogP contribution is -2.13. The Bertz CT molecular complexity index is 483. The number of nitrogens with two attached hydrogens (primary N) is 1. The predicted molar refractivity (Wildman–Crippen MR) is 64.7 cm³/mol. The molecule has 2 aromatic rings. The van der Waals surface area contributed by atoms with Crippen molar-refractivity contribution in [1.82, 2.24) is 9.47 Å². The van der Waals surface area contributed by atoms with Crippen molar-refractivity contribution in [2.24, 2.45) is 7.05 Å². The highest BCUT2D eigenvalue weighted by Crippen LogP contribution is 2.24. The molecule has 3 heteroatoms. The summed E-state index contributed by atoms with van der Waals surface area (Å²) in [5.74, 6) is 0. The van der Waals surface area contributed by atoms with Crippen molar-refractivity contribution in [1.29, 1.82) is 0 Å². The van der Waals surface area contributed by atoms with Crippen LogP contribution < -0.4 is 5.73 Å². The first-order valence-corrected chi connectivity index (χ1v) is 5.07. The van der Waals surface area contributed by atoms with Crippen LogP contribution >= 0.6 is 0 Å². The molecule has 0 bridgehead atoms. The first-order valence-electron chi connectivity index (χ1n) is 5.07. The Labute approximate surface area is 90.1 Å². The zero-order chi connectivity index (χ0) is 11.0. The Morgan fingerprint density at radius 3 is 2.67 bits per heavy atom. The molecule has 0 unspecified atom stereocenters. The van der Waals surface area contributed by atoms with Crippen LogP contribution in [0.1, 0.15) is 5.69 Å². The van der Waals surface area contributed by atoms with E-state index in [-0.39, 0.29) is 0 Å². The number of fused-ring (bicyclic) bond motifs is 1. The second-order valence-corrected chi connectivity index (χ2v) is 4.21. The van der Waals surface area contributed by atoms with Crippen LogP contribution in [0.3, 0.4) is 0 Å². The van der Waals surface area contributed by atoms with Gasteiger partial charge in [-0.05, 0) is 32.3 Å². The topological polar surface area (TPSA) is 34.2 Å². The van der Waals surface area contributed by atoms with Crippen LogP contribution in [0.15, 0.2) is 24.3 Å². The van der Waals surface area contributed by atoms with Crippen molar-refractivity contribution < 1.29 is 0 Å². The summed E-state index contributed by atoms with van der Waals surface area (Å²) in [6.07, 6.45) is 0. The zero-order valence-corrected chi connectivity index (χ0v) is 9.49. The van der Waals surface area contributed by atoms with E-state index < -0.39 is 0 Å². The molecule has 0 saturated heterocycles. The first-order chi connectivity index (χ1) is 7.09. The highest BCUT2D eigenvalue weighted by molar-refractivity contribution is 5.92. The van der Waals surface area contributed by atoms with E-state index in [2.05, 4.69) is 42.7 Å². The van der Waals surface area contributed by atoms with Crippen LogP contribution in [0.4, 0.5) is 5.69 Å². The summed E-state index contributed by atoms with van der Waals surface area (Å²) in [5.41, 5.74) is 9.28. The van der Waals surface area contributed by atoms with Crippen molar-refractivity contribution in [2.75, 3.05) is 19.8 Å². The van der Waals surface area contributed by atoms with Gasteiger partial charge in [0.2, 0.25) is 0 Å². The second-order valence-electron chi connectivity index (χ2n) is 4.21. The molecule has 0 radical (unpaired) electrons. The maximum Gasteiger partial charge on any atom is 0.0501 e. The Morgan fingerprint density at radius 2 is 2.07 bits per heavy atom. The van der Waals surface area contributed by atoms with Crippen LogP contribution in [-0.2, 0) is 13.6 Å². The van der Waals surface area contributed by atoms with Crippen LogP contribution in [0.5, 0.6) is 0 Å². The summed E-state index contributed by atoms with van der Waals surface area (Å²) in [5, 5.41) is 1.15. The van der Waals surface area contributed by atoms with Gasteiger partial charge in [-0.3, -0.25) is 0 Å². The average Bonchev–Trinajstić information content (AvgIpc) is 2.46. The molecule has 1 heterocycles. The van der Waals surface area contributed by atoms with Crippen molar-refractivity contribution in [2.45, 2.75) is 6.54 Å². The number of nitrogen functional groups attached to an aromatic ring is 1. The normalized spacial score (nSPS) is 11.5. The lowest BCUT2D eigenvalue weighted by molar-refractivity contribution is 0.392. The highest BCUT2D eigenvalue weighted by atomic mass is 15.1. The lowest BCUT2D eigenvalue weighted by atomic mass is 10.2. The molecule has 0 spiro atoms. The number of aromatic nitrogens is 1. The number of anilines is 1. The highest BCUT2D eigenvalue weighted by Gasteiger charge is 2.07. The Hall–Kier alpha value is -1.48. The fourth-order valence-corrected chi connectivity index (χ4v) is 1.91. The van der Waals surface area contributed by atoms with Gasteiger partial charge in [-0.2, -0.15) is 0 Å². The van der Waals surface area contributed by atoms with Crippen molar-refractivity contribution >= 4 is 16.6 Å². The summed E-state index contributed by atoms with van der Waals surface area (Å²) < 4.78 is 2.20. The van der Waals surface area contributed by atoms with Gasteiger partial charge in [-0.1, -0.05) is 6.07 Å². The number of hydrogen-bond donors (Lipinski definition) is 1. The predicted octanol–water partition coefficient (Wildman–Crippen LogP) is 1.82. The van der Waals surface area contributed by atoms with Gasteiger partial charge in [0, 0.05) is 30.4 Å². The Balaban J connectivity index is 2.59. The summed E-state index contributed by atoms with van der Waals surface area (Å²) in [6, 6.07) is 8.22. The number of hydrogen-bond acceptors (Lipinski definition) is 2. The monoisotopic (exact) mass is 203 g/mol. The Kier molecular flexibility index (Phi) is 2.40. The van der Waals surface area contributed by atoms with E-state index in [4.69, 9.17) is 5.73 Å². The van der Waals surface area contributed by atoms with Crippen LogP contribution in [0, 0.1) is 0 Å². The van der Waals surface area contributed by atoms with Gasteiger partial charge in [0.25, 0.3) is 0 Å². The summed E-state index contributed by atoms with van der Waals surface area (Å²) in [7, 11) is 6.22. The molecule has 80 valence electrons. The van der Waals surface area contributed by atoms with Crippen LogP contribution in [0.2, 0.25) is 0 Å². The first kappa shape index (κ1) is 10.1. The minimum Gasteiger partial charge on any atom is -0.398 e. The number of rotatable bonds is 2. The van der Waals surface area contributed by atoms with E-state index in [1.165, 1.54) is 11.2 Å². The molecular weight excluding hydrogens is 186 g/mol. The van der Waals surface area contributed by atoms with Crippen LogP contribution in [0.25, 0.3) is 10.9 Å². The molecule has 0 fully saturated rings. The van der Waals surface area contributed by atoms with E-state index in [0.29, 0.717) is 0 Å². The SMILES string of the molecule is CN(C)Cc1cc2c(N)cccc2n1C. The fraction of sp³-hybridized carbons (Fsp3) is 0.333. The van der Waals surface area contributed by atoms with Gasteiger partial charge in [-0.25, -0.2) is 0 Å². The third kappa shape index (κ3) is 1.70. The van der Waals surface area contributed by atoms with Crippen molar-refractivity contribution in [3.05, 3.63) is 30.0 Å². The van der Waals surface area contributed by atoms with Gasteiger partial charge in [0.05, 0.1) is 5.52 Å². The average molecular weight is 203 g/mol. The lowest BCUT2D eigenvalue weighted by Gasteiger charge is -2.10. The molecule has 0 aliphatic carbocycles. The summed E-state index contributed by atoms with van der Waals surface area (Å²) >= 11 is 0. The summed E-state index contributed by atoms with van der Waals surface area (Å²) in [6.45, 7) is 0.935. The third-order valence-corrected chi connectivity index (χ3v) is 2.70. The maximum atomic E-state index is 5.94. The zero-order valence-electron chi connectivity index (χ0n) is 9.49. The van der Waals surface area contributed by atoms with E-state index in [1.54, 1.807) is 0 Å². The molecule has 1 aromatic heterocycles. The summed E-state index contributed by atoms with van der Waals surface area (Å²) in [4.78, 5) is 2.16. The number of aryl methyl sites for hydroxylation is 1. The number of benzene rings is 1. The third-order valence-electron chi connectivity index (χ3n) is 2.70. The van der Waals surface area contributed by atoms with Gasteiger partial charge >= 0.3 is 0 Å². The fourth-order valence-electron chi connectivity index (χ4n) is 1.91. The molecule has 0 amide bonds. The number of nitrogens with zero attached hydrogens (tertiary/aromatic N) is 2. The largest absolute Gasteiger partial charge is 0.398 e. The molecule has 1 aromatic carbocycles. The molecule has 3 nitrogen and oxygen atoms in total. The van der Waals surface area contributed by atoms with Gasteiger partial charge in [0.15, 0.2) is 0 Å². The van der Waals surface area contributed by atoms with Crippen molar-refractivity contribution in [3.8, 4) is 0 Å². The van der Waals surface area contributed by atoms with Crippen molar-refractivity contribution in [3.63, 3.8) is 0 Å². The standard InChI is InChI=1S/C12H17N3/c1-14(2)8-9-7-10-11(13)5-4-6-12(10)15(9)3/h4-7H,8,13H2,1-3H3. The molecular formula is C12H17N3.